The molecule has 4 aromatic rings. The molecule has 2 amide bonds. The first-order valence-corrected chi connectivity index (χ1v) is 13.7. The van der Waals surface area contributed by atoms with Gasteiger partial charge in [0.15, 0.2) is 0 Å². The molecule has 4 heterocycles. The molecule has 0 saturated carbocycles. The molecule has 10 nitrogen and oxygen atoms in total. The van der Waals surface area contributed by atoms with E-state index >= 15 is 0 Å². The molecule has 0 aliphatic carbocycles. The van der Waals surface area contributed by atoms with E-state index in [0.717, 1.165) is 72.2 Å². The molecule has 2 saturated heterocycles. The Morgan fingerprint density at radius 2 is 1.90 bits per heavy atom. The minimum atomic E-state index is -0.613. The van der Waals surface area contributed by atoms with E-state index in [-0.39, 0.29) is 18.4 Å². The van der Waals surface area contributed by atoms with E-state index in [2.05, 4.69) is 20.6 Å². The van der Waals surface area contributed by atoms with Gasteiger partial charge in [-0.15, -0.1) is 0 Å². The Morgan fingerprint density at radius 3 is 2.74 bits per heavy atom. The maximum Gasteiger partial charge on any atom is 0.247 e. The fourth-order valence-corrected chi connectivity index (χ4v) is 5.36. The van der Waals surface area contributed by atoms with Gasteiger partial charge in [0.1, 0.15) is 17.4 Å². The van der Waals surface area contributed by atoms with Gasteiger partial charge in [0.2, 0.25) is 23.7 Å². The van der Waals surface area contributed by atoms with Crippen molar-refractivity contribution in [1.29, 1.82) is 0 Å². The summed E-state index contributed by atoms with van der Waals surface area (Å²) in [5.74, 6) is 1.66. The molecule has 6 rings (SSSR count). The number of aromatic amines is 1. The first-order valence-electron chi connectivity index (χ1n) is 13.7. The van der Waals surface area contributed by atoms with Crippen molar-refractivity contribution in [3.63, 3.8) is 0 Å². The predicted octanol–water partition coefficient (Wildman–Crippen LogP) is 4.50. The van der Waals surface area contributed by atoms with Gasteiger partial charge < -0.3 is 24.5 Å². The molecule has 202 valence electrons. The number of likely N-dealkylation sites (tertiary alicyclic amines) is 2. The number of imidazole rings is 1. The lowest BCUT2D eigenvalue weighted by Gasteiger charge is -2.25. The van der Waals surface area contributed by atoms with Crippen LogP contribution in [0.1, 0.15) is 37.9 Å². The number of aliphatic imine (C=N–C) groups is 1. The van der Waals surface area contributed by atoms with E-state index in [0.29, 0.717) is 24.9 Å². The smallest absolute Gasteiger partial charge is 0.247 e. The molecule has 2 aromatic carbocycles. The number of aryl methyl sites for hydroxylation is 1. The van der Waals surface area contributed by atoms with Crippen LogP contribution in [0.3, 0.4) is 0 Å². The number of para-hydroxylation sites is 2. The van der Waals surface area contributed by atoms with Crippen molar-refractivity contribution in [2.45, 2.75) is 45.1 Å². The first kappa shape index (κ1) is 25.0. The molecule has 2 aliphatic heterocycles. The molecular weight excluding hydrogens is 494 g/mol. The number of nitrogens with zero attached hydrogens (tertiary/aromatic N) is 4. The number of aromatic nitrogens is 2. The number of amides is 2. The lowest BCUT2D eigenvalue weighted by atomic mass is 10.1. The SMILES string of the molecule is Cc1cc2cc(NC(=N[C@H]3CCCCN(CC(=O)N4CCCC4)C3=O)Nc3nc4ccccc4[nH]3)ccc2o1. The summed E-state index contributed by atoms with van der Waals surface area (Å²) in [6, 6.07) is 14.9. The van der Waals surface area contributed by atoms with Gasteiger partial charge in [-0.3, -0.25) is 14.9 Å². The molecule has 2 aromatic heterocycles. The van der Waals surface area contributed by atoms with Crippen LogP contribution in [0, 0.1) is 6.92 Å². The van der Waals surface area contributed by atoms with Gasteiger partial charge in [-0.25, -0.2) is 9.98 Å². The molecule has 2 aliphatic rings. The van der Waals surface area contributed by atoms with Gasteiger partial charge in [0, 0.05) is 30.7 Å². The van der Waals surface area contributed by atoms with Crippen LogP contribution in [0.15, 0.2) is 57.9 Å². The number of furan rings is 1. The molecule has 0 bridgehead atoms. The van der Waals surface area contributed by atoms with Gasteiger partial charge >= 0.3 is 0 Å². The van der Waals surface area contributed by atoms with Crippen LogP contribution in [0.4, 0.5) is 11.6 Å². The number of anilines is 2. The van der Waals surface area contributed by atoms with Gasteiger partial charge in [0.05, 0.1) is 17.6 Å². The predicted molar refractivity (Wildman–Crippen MR) is 152 cm³/mol. The molecular formula is C29H33N7O3. The zero-order valence-electron chi connectivity index (χ0n) is 22.1. The number of hydrogen-bond acceptors (Lipinski definition) is 5. The Morgan fingerprint density at radius 1 is 1.08 bits per heavy atom. The summed E-state index contributed by atoms with van der Waals surface area (Å²) in [5, 5.41) is 7.59. The zero-order chi connectivity index (χ0) is 26.8. The van der Waals surface area contributed by atoms with Crippen LogP contribution in [-0.2, 0) is 9.59 Å². The van der Waals surface area contributed by atoms with Crippen molar-refractivity contribution >= 4 is 51.4 Å². The van der Waals surface area contributed by atoms with Gasteiger partial charge in [0.25, 0.3) is 0 Å². The zero-order valence-corrected chi connectivity index (χ0v) is 22.1. The number of hydrogen-bond donors (Lipinski definition) is 3. The van der Waals surface area contributed by atoms with Crippen LogP contribution < -0.4 is 10.6 Å². The van der Waals surface area contributed by atoms with E-state index in [9.17, 15) is 9.59 Å². The quantitative estimate of drug-likeness (QED) is 0.260. The summed E-state index contributed by atoms with van der Waals surface area (Å²) < 4.78 is 5.72. The molecule has 39 heavy (non-hydrogen) atoms. The van der Waals surface area contributed by atoms with Crippen LogP contribution in [-0.4, -0.2) is 69.8 Å². The third-order valence-corrected chi connectivity index (χ3v) is 7.35. The van der Waals surface area contributed by atoms with E-state index in [4.69, 9.17) is 9.41 Å². The Hall–Kier alpha value is -4.34. The van der Waals surface area contributed by atoms with Crippen LogP contribution in [0.25, 0.3) is 22.0 Å². The van der Waals surface area contributed by atoms with Gasteiger partial charge in [-0.05, 0) is 75.4 Å². The molecule has 10 heteroatoms. The Labute approximate surface area is 226 Å². The third-order valence-electron chi connectivity index (χ3n) is 7.35. The first-order chi connectivity index (χ1) is 19.0. The van der Waals surface area contributed by atoms with Crippen molar-refractivity contribution < 1.29 is 14.0 Å². The second-order valence-corrected chi connectivity index (χ2v) is 10.3. The number of carbonyl (C=O) groups is 2. The third kappa shape index (κ3) is 5.59. The highest BCUT2D eigenvalue weighted by Crippen LogP contribution is 2.24. The average molecular weight is 528 g/mol. The Balaban J connectivity index is 1.28. The summed E-state index contributed by atoms with van der Waals surface area (Å²) in [4.78, 5) is 42.8. The molecule has 3 N–H and O–H groups in total. The fourth-order valence-electron chi connectivity index (χ4n) is 5.36. The molecule has 0 radical (unpaired) electrons. The summed E-state index contributed by atoms with van der Waals surface area (Å²) in [7, 11) is 0. The van der Waals surface area contributed by atoms with E-state index < -0.39 is 6.04 Å². The Kier molecular flexibility index (Phi) is 6.91. The molecule has 0 spiro atoms. The van der Waals surface area contributed by atoms with E-state index in [1.165, 1.54) is 0 Å². The topological polar surface area (TPSA) is 119 Å². The van der Waals surface area contributed by atoms with E-state index in [1.54, 1.807) is 4.90 Å². The number of fused-ring (bicyclic) bond motifs is 2. The largest absolute Gasteiger partial charge is 0.461 e. The van der Waals surface area contributed by atoms with Gasteiger partial charge in [-0.1, -0.05) is 12.1 Å². The monoisotopic (exact) mass is 527 g/mol. The maximum atomic E-state index is 13.6. The second-order valence-electron chi connectivity index (χ2n) is 10.3. The highest BCUT2D eigenvalue weighted by atomic mass is 16.3. The van der Waals surface area contributed by atoms with Crippen LogP contribution in [0.2, 0.25) is 0 Å². The second kappa shape index (κ2) is 10.8. The number of H-pyrrole nitrogens is 1. The fraction of sp³-hybridized carbons (Fsp3) is 0.379. The van der Waals surface area contributed by atoms with Gasteiger partial charge in [-0.2, -0.15) is 0 Å². The summed E-state index contributed by atoms with van der Waals surface area (Å²) in [5.41, 5.74) is 3.32. The van der Waals surface area contributed by atoms with Crippen molar-refractivity contribution in [3.8, 4) is 0 Å². The van der Waals surface area contributed by atoms with Crippen LogP contribution in [0.5, 0.6) is 0 Å². The van der Waals surface area contributed by atoms with E-state index in [1.807, 2.05) is 60.4 Å². The summed E-state index contributed by atoms with van der Waals surface area (Å²) >= 11 is 0. The van der Waals surface area contributed by atoms with Crippen molar-refractivity contribution in [1.82, 2.24) is 19.8 Å². The number of benzene rings is 2. The molecule has 2 fully saturated rings. The lowest BCUT2D eigenvalue weighted by molar-refractivity contribution is -0.140. The minimum absolute atomic E-state index is 0.0212. The van der Waals surface area contributed by atoms with Crippen LogP contribution >= 0.6 is 0 Å². The number of guanidine groups is 1. The minimum Gasteiger partial charge on any atom is -0.461 e. The lowest BCUT2D eigenvalue weighted by Crippen LogP contribution is -2.45. The highest BCUT2D eigenvalue weighted by molar-refractivity contribution is 6.05. The highest BCUT2D eigenvalue weighted by Gasteiger charge is 2.30. The van der Waals surface area contributed by atoms with Crippen molar-refractivity contribution in [3.05, 3.63) is 54.3 Å². The Bertz CT molecular complexity index is 1500. The molecule has 0 unspecified atom stereocenters. The summed E-state index contributed by atoms with van der Waals surface area (Å²) in [6.07, 6.45) is 4.37. The summed E-state index contributed by atoms with van der Waals surface area (Å²) in [6.45, 7) is 4.15. The standard InChI is InChI=1S/C29H33N7O3/c1-19-16-20-17-21(11-12-25(20)39-19)30-28(34-29-31-22-8-2-3-9-23(22)32-29)33-24-10-4-5-15-36(27(24)38)18-26(37)35-13-6-7-14-35/h2-3,8-9,11-12,16-17,24H,4-7,10,13-15,18H2,1H3,(H3,30,31,32,33,34)/t24-/m0/s1. The average Bonchev–Trinajstić information content (AvgIpc) is 3.65. The maximum absolute atomic E-state index is 13.6. The van der Waals surface area contributed by atoms with Crippen molar-refractivity contribution in [2.24, 2.45) is 4.99 Å². The number of nitrogens with one attached hydrogen (secondary N) is 3. The number of carbonyl (C=O) groups excluding carboxylic acids is 2. The normalized spacial score (nSPS) is 18.6. The van der Waals surface area contributed by atoms with Crippen molar-refractivity contribution in [2.75, 3.05) is 36.8 Å². The number of rotatable bonds is 5. The molecule has 1 atom stereocenters.